The summed E-state index contributed by atoms with van der Waals surface area (Å²) in [6.45, 7) is 4.74. The van der Waals surface area contributed by atoms with Gasteiger partial charge in [-0.1, -0.05) is 26.0 Å². The lowest BCUT2D eigenvalue weighted by Gasteiger charge is -2.13. The molecule has 0 fully saturated rings. The van der Waals surface area contributed by atoms with Gasteiger partial charge in [-0.25, -0.2) is 0 Å². The average Bonchev–Trinajstić information content (AvgIpc) is 2.65. The van der Waals surface area contributed by atoms with Crippen LogP contribution in [-0.2, 0) is 4.79 Å². The summed E-state index contributed by atoms with van der Waals surface area (Å²) in [5.74, 6) is 2.15. The first kappa shape index (κ1) is 19.4. The Bertz CT molecular complexity index is 746. The topological polar surface area (TPSA) is 56.8 Å². The molecule has 0 spiro atoms. The molecule has 1 N–H and O–H groups in total. The molecule has 0 radical (unpaired) electrons. The van der Waals surface area contributed by atoms with E-state index >= 15 is 0 Å². The van der Waals surface area contributed by atoms with Gasteiger partial charge in [0.15, 0.2) is 0 Å². The molecular formula is C21H25NO4. The Balaban J connectivity index is 2.08. The van der Waals surface area contributed by atoms with E-state index in [1.165, 1.54) is 6.08 Å². The first-order valence-electron chi connectivity index (χ1n) is 8.45. The molecule has 2 aromatic carbocycles. The second kappa shape index (κ2) is 9.51. The fourth-order valence-corrected chi connectivity index (χ4v) is 2.22. The molecule has 0 aliphatic carbocycles. The summed E-state index contributed by atoms with van der Waals surface area (Å²) in [6, 6.07) is 12.8. The first-order valence-corrected chi connectivity index (χ1v) is 8.45. The van der Waals surface area contributed by atoms with Crippen LogP contribution in [0.2, 0.25) is 0 Å². The molecule has 26 heavy (non-hydrogen) atoms. The Morgan fingerprint density at radius 2 is 1.73 bits per heavy atom. The molecule has 0 unspecified atom stereocenters. The van der Waals surface area contributed by atoms with Crippen LogP contribution in [0.5, 0.6) is 17.2 Å². The Kier molecular flexibility index (Phi) is 7.09. The van der Waals surface area contributed by atoms with Gasteiger partial charge in [0.05, 0.1) is 26.5 Å². The van der Waals surface area contributed by atoms with E-state index in [4.69, 9.17) is 14.2 Å². The summed E-state index contributed by atoms with van der Waals surface area (Å²) in [7, 11) is 3.17. The van der Waals surface area contributed by atoms with Crippen molar-refractivity contribution in [3.63, 3.8) is 0 Å². The number of amides is 1. The molecule has 2 aromatic rings. The smallest absolute Gasteiger partial charge is 0.248 e. The number of nitrogens with one attached hydrogen (secondary N) is 1. The van der Waals surface area contributed by atoms with E-state index in [0.717, 1.165) is 5.56 Å². The summed E-state index contributed by atoms with van der Waals surface area (Å²) in [5.41, 5.74) is 1.45. The van der Waals surface area contributed by atoms with Gasteiger partial charge in [-0.05, 0) is 41.8 Å². The quantitative estimate of drug-likeness (QED) is 0.714. The van der Waals surface area contributed by atoms with E-state index in [-0.39, 0.29) is 5.91 Å². The molecule has 0 saturated carbocycles. The van der Waals surface area contributed by atoms with E-state index in [2.05, 4.69) is 19.2 Å². The number of carbonyl (C=O) groups excluding carboxylic acids is 1. The average molecular weight is 355 g/mol. The summed E-state index contributed by atoms with van der Waals surface area (Å²) in [5, 5.41) is 2.85. The van der Waals surface area contributed by atoms with Crippen molar-refractivity contribution in [2.45, 2.75) is 13.8 Å². The van der Waals surface area contributed by atoms with Crippen LogP contribution < -0.4 is 19.5 Å². The number of benzene rings is 2. The predicted molar refractivity (Wildman–Crippen MR) is 104 cm³/mol. The Morgan fingerprint density at radius 1 is 1.08 bits per heavy atom. The molecule has 0 saturated heterocycles. The van der Waals surface area contributed by atoms with E-state index in [1.807, 2.05) is 36.4 Å². The van der Waals surface area contributed by atoms with E-state index in [0.29, 0.717) is 35.5 Å². The van der Waals surface area contributed by atoms with Gasteiger partial charge in [0.25, 0.3) is 0 Å². The summed E-state index contributed by atoms with van der Waals surface area (Å²) in [4.78, 5) is 12.3. The lowest BCUT2D eigenvalue weighted by atomic mass is 10.2. The van der Waals surface area contributed by atoms with Crippen LogP contribution >= 0.6 is 0 Å². The van der Waals surface area contributed by atoms with Crippen molar-refractivity contribution in [2.75, 3.05) is 26.1 Å². The largest absolute Gasteiger partial charge is 0.497 e. The third kappa shape index (κ3) is 5.84. The first-order chi connectivity index (χ1) is 12.5. The number of carbonyl (C=O) groups is 1. The zero-order valence-electron chi connectivity index (χ0n) is 15.6. The zero-order valence-corrected chi connectivity index (χ0v) is 15.6. The number of rotatable bonds is 8. The molecule has 1 amide bonds. The van der Waals surface area contributed by atoms with Gasteiger partial charge in [0.2, 0.25) is 5.91 Å². The highest BCUT2D eigenvalue weighted by Crippen LogP contribution is 2.25. The fourth-order valence-electron chi connectivity index (χ4n) is 2.22. The van der Waals surface area contributed by atoms with Gasteiger partial charge in [0, 0.05) is 12.1 Å². The number of anilines is 1. The molecule has 0 heterocycles. The zero-order chi connectivity index (χ0) is 18.9. The lowest BCUT2D eigenvalue weighted by Crippen LogP contribution is -2.11. The fraction of sp³-hybridized carbons (Fsp3) is 0.286. The normalized spacial score (nSPS) is 10.8. The molecule has 0 atom stereocenters. The van der Waals surface area contributed by atoms with Gasteiger partial charge >= 0.3 is 0 Å². The number of hydrogen-bond donors (Lipinski definition) is 1. The lowest BCUT2D eigenvalue weighted by molar-refractivity contribution is -0.111. The molecule has 138 valence electrons. The van der Waals surface area contributed by atoms with Crippen molar-refractivity contribution in [2.24, 2.45) is 5.92 Å². The van der Waals surface area contributed by atoms with E-state index in [1.54, 1.807) is 26.4 Å². The number of hydrogen-bond acceptors (Lipinski definition) is 4. The third-order valence-corrected chi connectivity index (χ3v) is 3.52. The van der Waals surface area contributed by atoms with Crippen molar-refractivity contribution in [3.05, 3.63) is 54.1 Å². The van der Waals surface area contributed by atoms with Crippen LogP contribution in [-0.4, -0.2) is 26.7 Å². The molecule has 0 bridgehead atoms. The maximum atomic E-state index is 12.3. The standard InChI is InChI=1S/C21H25NO4/c1-15(2)14-26-20-8-6-5-7-19(20)22-21(23)10-9-16-11-17(24-3)13-18(12-16)25-4/h5-13,15H,14H2,1-4H3,(H,22,23). The highest BCUT2D eigenvalue weighted by Gasteiger charge is 2.07. The maximum absolute atomic E-state index is 12.3. The molecule has 5 nitrogen and oxygen atoms in total. The van der Waals surface area contributed by atoms with Crippen molar-refractivity contribution >= 4 is 17.7 Å². The van der Waals surface area contributed by atoms with Gasteiger partial charge in [-0.15, -0.1) is 0 Å². The minimum Gasteiger partial charge on any atom is -0.497 e. The molecule has 0 aliphatic heterocycles. The molecule has 0 aliphatic rings. The van der Waals surface area contributed by atoms with Crippen LogP contribution in [0.25, 0.3) is 6.08 Å². The van der Waals surface area contributed by atoms with Gasteiger partial charge in [-0.2, -0.15) is 0 Å². The number of methoxy groups -OCH3 is 2. The summed E-state index contributed by atoms with van der Waals surface area (Å²) < 4.78 is 16.2. The van der Waals surface area contributed by atoms with Crippen molar-refractivity contribution in [1.29, 1.82) is 0 Å². The highest BCUT2D eigenvalue weighted by molar-refractivity contribution is 6.02. The number of para-hydroxylation sites is 2. The Labute approximate surface area is 154 Å². The van der Waals surface area contributed by atoms with Gasteiger partial charge < -0.3 is 19.5 Å². The Hall–Kier alpha value is -2.95. The minimum absolute atomic E-state index is 0.243. The molecular weight excluding hydrogens is 330 g/mol. The second-order valence-electron chi connectivity index (χ2n) is 6.17. The summed E-state index contributed by atoms with van der Waals surface area (Å²) >= 11 is 0. The van der Waals surface area contributed by atoms with Crippen molar-refractivity contribution in [1.82, 2.24) is 0 Å². The third-order valence-electron chi connectivity index (χ3n) is 3.52. The van der Waals surface area contributed by atoms with Crippen molar-refractivity contribution < 1.29 is 19.0 Å². The predicted octanol–water partition coefficient (Wildman–Crippen LogP) is 4.39. The Morgan fingerprint density at radius 3 is 2.35 bits per heavy atom. The van der Waals surface area contributed by atoms with Gasteiger partial charge in [0.1, 0.15) is 17.2 Å². The second-order valence-corrected chi connectivity index (χ2v) is 6.17. The van der Waals surface area contributed by atoms with Crippen molar-refractivity contribution in [3.8, 4) is 17.2 Å². The minimum atomic E-state index is -0.243. The van der Waals surface area contributed by atoms with Crippen LogP contribution in [0.15, 0.2) is 48.5 Å². The summed E-state index contributed by atoms with van der Waals surface area (Å²) in [6.07, 6.45) is 3.17. The van der Waals surface area contributed by atoms with E-state index in [9.17, 15) is 4.79 Å². The monoisotopic (exact) mass is 355 g/mol. The molecule has 5 heteroatoms. The van der Waals surface area contributed by atoms with Crippen LogP contribution in [0.4, 0.5) is 5.69 Å². The number of ether oxygens (including phenoxy) is 3. The highest BCUT2D eigenvalue weighted by atomic mass is 16.5. The maximum Gasteiger partial charge on any atom is 0.248 e. The SMILES string of the molecule is COc1cc(C=CC(=O)Nc2ccccc2OCC(C)C)cc(OC)c1. The molecule has 0 aromatic heterocycles. The van der Waals surface area contributed by atoms with Gasteiger partial charge in [-0.3, -0.25) is 4.79 Å². The van der Waals surface area contributed by atoms with Crippen LogP contribution in [0, 0.1) is 5.92 Å². The van der Waals surface area contributed by atoms with E-state index < -0.39 is 0 Å². The van der Waals surface area contributed by atoms with Crippen LogP contribution in [0.3, 0.4) is 0 Å². The molecule has 2 rings (SSSR count). The van der Waals surface area contributed by atoms with Crippen LogP contribution in [0.1, 0.15) is 19.4 Å².